The third kappa shape index (κ3) is 5.39. The molecule has 2 fully saturated rings. The lowest BCUT2D eigenvalue weighted by Crippen LogP contribution is -2.30. The first kappa shape index (κ1) is 26.5. The number of aliphatic hydroxyl groups is 1. The van der Waals surface area contributed by atoms with Gasteiger partial charge < -0.3 is 14.7 Å². The lowest BCUT2D eigenvalue weighted by molar-refractivity contribution is -0.132. The van der Waals surface area contributed by atoms with Crippen molar-refractivity contribution in [3.05, 3.63) is 89.3 Å². The fourth-order valence-electron chi connectivity index (χ4n) is 5.31. The molecule has 3 heterocycles. The number of pyridine rings is 1. The molecule has 5 rings (SSSR count). The minimum Gasteiger partial charge on any atom is -0.507 e. The number of hydrogen-bond donors (Lipinski definition) is 1. The summed E-state index contributed by atoms with van der Waals surface area (Å²) in [6.45, 7) is 8.66. The van der Waals surface area contributed by atoms with Crippen LogP contribution in [0.1, 0.15) is 55.8 Å². The molecular weight excluding hydrogens is 490 g/mol. The third-order valence-corrected chi connectivity index (χ3v) is 7.34. The van der Waals surface area contributed by atoms with Gasteiger partial charge in [0.2, 0.25) is 0 Å². The zero-order valence-corrected chi connectivity index (χ0v) is 22.8. The maximum atomic E-state index is 13.5. The van der Waals surface area contributed by atoms with E-state index >= 15 is 0 Å². The lowest BCUT2D eigenvalue weighted by atomic mass is 9.95. The summed E-state index contributed by atoms with van der Waals surface area (Å²) in [6, 6.07) is 15.8. The van der Waals surface area contributed by atoms with Crippen molar-refractivity contribution in [2.75, 3.05) is 29.5 Å². The number of Topliss-reactive ketones (excluding diaryl/α,β-unsaturated/α-hetero) is 1. The molecule has 0 bridgehead atoms. The Hall–Kier alpha value is -4.13. The molecule has 7 nitrogen and oxygen atoms in total. The summed E-state index contributed by atoms with van der Waals surface area (Å²) >= 11 is 0. The number of carbonyl (C=O) groups is 2. The standard InChI is InChI=1S/C32H35N3O4/c1-21(2)20-39-27-12-7-24(19-22(27)3)30(36)28-29(23-13-15-33-16-14-23)35(32(38)31(28)37)26-10-8-25(9-11-26)34-17-5-4-6-18-34/h7-16,19,21,29,36H,4-6,17-18,20H2,1-3H3/b30-28-. The van der Waals surface area contributed by atoms with Crippen LogP contribution in [0.5, 0.6) is 5.75 Å². The summed E-state index contributed by atoms with van der Waals surface area (Å²) in [6.07, 6.45) is 6.84. The summed E-state index contributed by atoms with van der Waals surface area (Å²) < 4.78 is 5.88. The van der Waals surface area contributed by atoms with Crippen molar-refractivity contribution in [3.8, 4) is 5.75 Å². The monoisotopic (exact) mass is 525 g/mol. The second-order valence-electron chi connectivity index (χ2n) is 10.7. The first-order chi connectivity index (χ1) is 18.8. The van der Waals surface area contributed by atoms with Crippen LogP contribution in [-0.4, -0.2) is 41.5 Å². The van der Waals surface area contributed by atoms with Crippen LogP contribution in [0.15, 0.2) is 72.6 Å². The van der Waals surface area contributed by atoms with Crippen LogP contribution in [0.4, 0.5) is 11.4 Å². The molecule has 2 saturated heterocycles. The Morgan fingerprint density at radius 3 is 2.28 bits per heavy atom. The maximum absolute atomic E-state index is 13.5. The van der Waals surface area contributed by atoms with Gasteiger partial charge in [0.05, 0.1) is 18.2 Å². The number of rotatable bonds is 7. The topological polar surface area (TPSA) is 83.0 Å². The van der Waals surface area contributed by atoms with E-state index in [1.165, 1.54) is 24.2 Å². The normalized spacial score (nSPS) is 19.1. The fourth-order valence-corrected chi connectivity index (χ4v) is 5.31. The SMILES string of the molecule is Cc1cc(/C(O)=C2/C(=O)C(=O)N(c3ccc(N4CCCCC4)cc3)C2c2ccncc2)ccc1OCC(C)C. The molecule has 1 atom stereocenters. The summed E-state index contributed by atoms with van der Waals surface area (Å²) in [5.41, 5.74) is 3.75. The number of aliphatic hydroxyl groups excluding tert-OH is 1. The van der Waals surface area contributed by atoms with Crippen LogP contribution in [0.25, 0.3) is 5.76 Å². The Morgan fingerprint density at radius 2 is 1.64 bits per heavy atom. The fraction of sp³-hybridized carbons (Fsp3) is 0.344. The van der Waals surface area contributed by atoms with Crippen molar-refractivity contribution in [1.29, 1.82) is 0 Å². The Bertz CT molecular complexity index is 1380. The quantitative estimate of drug-likeness (QED) is 0.230. The summed E-state index contributed by atoms with van der Waals surface area (Å²) in [5, 5.41) is 11.5. The lowest BCUT2D eigenvalue weighted by Gasteiger charge is -2.30. The molecule has 202 valence electrons. The van der Waals surface area contributed by atoms with E-state index in [2.05, 4.69) is 23.7 Å². The molecule has 0 aliphatic carbocycles. The molecule has 0 saturated carbocycles. The molecule has 2 aliphatic rings. The van der Waals surface area contributed by atoms with E-state index in [0.29, 0.717) is 29.3 Å². The van der Waals surface area contributed by atoms with Crippen LogP contribution < -0.4 is 14.5 Å². The van der Waals surface area contributed by atoms with Crippen molar-refractivity contribution in [2.45, 2.75) is 46.1 Å². The van der Waals surface area contributed by atoms with Gasteiger partial charge in [-0.1, -0.05) is 13.8 Å². The Labute approximate surface area is 229 Å². The number of aryl methyl sites for hydroxylation is 1. The first-order valence-corrected chi connectivity index (χ1v) is 13.6. The van der Waals surface area contributed by atoms with Crippen LogP contribution in [0, 0.1) is 12.8 Å². The highest BCUT2D eigenvalue weighted by Gasteiger charge is 2.47. The smallest absolute Gasteiger partial charge is 0.300 e. The van der Waals surface area contributed by atoms with Crippen molar-refractivity contribution in [2.24, 2.45) is 5.92 Å². The molecule has 1 unspecified atom stereocenters. The number of ketones is 1. The van der Waals surface area contributed by atoms with E-state index in [-0.39, 0.29) is 11.3 Å². The Balaban J connectivity index is 1.54. The van der Waals surface area contributed by atoms with Crippen LogP contribution in [0.3, 0.4) is 0 Å². The van der Waals surface area contributed by atoms with Gasteiger partial charge in [-0.15, -0.1) is 0 Å². The van der Waals surface area contributed by atoms with E-state index in [4.69, 9.17) is 4.74 Å². The number of benzene rings is 2. The van der Waals surface area contributed by atoms with Crippen molar-refractivity contribution < 1.29 is 19.4 Å². The highest BCUT2D eigenvalue weighted by atomic mass is 16.5. The molecular formula is C32H35N3O4. The number of piperidine rings is 1. The molecule has 39 heavy (non-hydrogen) atoms. The second kappa shape index (κ2) is 11.3. The van der Waals surface area contributed by atoms with Gasteiger partial charge in [-0.2, -0.15) is 0 Å². The third-order valence-electron chi connectivity index (χ3n) is 7.34. The Morgan fingerprint density at radius 1 is 0.974 bits per heavy atom. The highest BCUT2D eigenvalue weighted by molar-refractivity contribution is 6.51. The van der Waals surface area contributed by atoms with Crippen molar-refractivity contribution >= 4 is 28.8 Å². The van der Waals surface area contributed by atoms with Gasteiger partial charge in [0, 0.05) is 42.4 Å². The summed E-state index contributed by atoms with van der Waals surface area (Å²) in [7, 11) is 0. The molecule has 2 aliphatic heterocycles. The molecule has 1 aromatic heterocycles. The number of amides is 1. The molecule has 1 N–H and O–H groups in total. The van der Waals surface area contributed by atoms with Crippen LogP contribution in [-0.2, 0) is 9.59 Å². The molecule has 7 heteroatoms. The number of nitrogens with zero attached hydrogens (tertiary/aromatic N) is 3. The van der Waals surface area contributed by atoms with Gasteiger partial charge in [-0.3, -0.25) is 19.5 Å². The highest BCUT2D eigenvalue weighted by Crippen LogP contribution is 2.42. The van der Waals surface area contributed by atoms with Gasteiger partial charge in [-0.25, -0.2) is 0 Å². The first-order valence-electron chi connectivity index (χ1n) is 13.6. The number of aromatic nitrogens is 1. The van der Waals surface area contributed by atoms with Gasteiger partial charge >= 0.3 is 0 Å². The Kier molecular flexibility index (Phi) is 7.68. The second-order valence-corrected chi connectivity index (χ2v) is 10.7. The zero-order chi connectivity index (χ0) is 27.5. The van der Waals surface area contributed by atoms with Gasteiger partial charge in [0.1, 0.15) is 11.5 Å². The van der Waals surface area contributed by atoms with Gasteiger partial charge in [0.25, 0.3) is 11.7 Å². The van der Waals surface area contributed by atoms with Gasteiger partial charge in [0.15, 0.2) is 0 Å². The summed E-state index contributed by atoms with van der Waals surface area (Å²) in [5.74, 6) is -0.492. The van der Waals surface area contributed by atoms with Crippen molar-refractivity contribution in [3.63, 3.8) is 0 Å². The van der Waals surface area contributed by atoms with Crippen LogP contribution in [0.2, 0.25) is 0 Å². The van der Waals surface area contributed by atoms with Gasteiger partial charge in [-0.05, 0) is 97.8 Å². The summed E-state index contributed by atoms with van der Waals surface area (Å²) in [4.78, 5) is 34.9. The largest absolute Gasteiger partial charge is 0.507 e. The number of anilines is 2. The molecule has 2 aromatic carbocycles. The molecule has 3 aromatic rings. The minimum atomic E-state index is -0.786. The van der Waals surface area contributed by atoms with Crippen LogP contribution >= 0.6 is 0 Å². The minimum absolute atomic E-state index is 0.0570. The maximum Gasteiger partial charge on any atom is 0.300 e. The zero-order valence-electron chi connectivity index (χ0n) is 22.8. The molecule has 1 amide bonds. The van der Waals surface area contributed by atoms with E-state index in [1.807, 2.05) is 31.2 Å². The average molecular weight is 526 g/mol. The van der Waals surface area contributed by atoms with E-state index in [0.717, 1.165) is 30.1 Å². The predicted octanol–water partition coefficient (Wildman–Crippen LogP) is 6.04. The molecule has 0 spiro atoms. The predicted molar refractivity (Wildman–Crippen MR) is 153 cm³/mol. The van der Waals surface area contributed by atoms with E-state index < -0.39 is 17.7 Å². The van der Waals surface area contributed by atoms with E-state index in [9.17, 15) is 14.7 Å². The average Bonchev–Trinajstić information content (AvgIpc) is 3.23. The number of hydrogen-bond acceptors (Lipinski definition) is 6. The molecule has 0 radical (unpaired) electrons. The van der Waals surface area contributed by atoms with Crippen molar-refractivity contribution in [1.82, 2.24) is 4.98 Å². The van der Waals surface area contributed by atoms with E-state index in [1.54, 1.807) is 42.7 Å². The number of carbonyl (C=O) groups excluding carboxylic acids is 2. The number of ether oxygens (including phenoxy) is 1.